The molecule has 0 bridgehead atoms. The number of hydrogen-bond donors (Lipinski definition) is 2. The molecular formula is C20H35N3O3. The van der Waals surface area contributed by atoms with Gasteiger partial charge in [-0.25, -0.2) is 0 Å². The molecule has 0 atom stereocenters. The van der Waals surface area contributed by atoms with Gasteiger partial charge in [0.15, 0.2) is 5.96 Å². The van der Waals surface area contributed by atoms with E-state index in [-0.39, 0.29) is 5.60 Å². The zero-order valence-electron chi connectivity index (χ0n) is 16.9. The molecule has 0 amide bonds. The van der Waals surface area contributed by atoms with E-state index in [0.717, 1.165) is 18.9 Å². The number of guanidine groups is 1. The Labute approximate surface area is 158 Å². The minimum atomic E-state index is -0.131. The van der Waals surface area contributed by atoms with Crippen LogP contribution in [0.2, 0.25) is 0 Å². The Morgan fingerprint density at radius 1 is 1.08 bits per heavy atom. The molecule has 6 nitrogen and oxygen atoms in total. The maximum atomic E-state index is 5.84. The SMILES string of the molecule is CN=C(NCCCOCCOC)NCc1cccc(COC(C)(C)C)c1. The van der Waals surface area contributed by atoms with Crippen molar-refractivity contribution in [2.45, 2.75) is 45.9 Å². The van der Waals surface area contributed by atoms with Gasteiger partial charge in [-0.3, -0.25) is 4.99 Å². The van der Waals surface area contributed by atoms with Crippen LogP contribution in [0.4, 0.5) is 0 Å². The van der Waals surface area contributed by atoms with Crippen LogP contribution < -0.4 is 10.6 Å². The monoisotopic (exact) mass is 365 g/mol. The molecular weight excluding hydrogens is 330 g/mol. The molecule has 0 saturated carbocycles. The van der Waals surface area contributed by atoms with Crippen molar-refractivity contribution in [2.75, 3.05) is 40.5 Å². The quantitative estimate of drug-likeness (QED) is 0.359. The zero-order valence-corrected chi connectivity index (χ0v) is 16.9. The fraction of sp³-hybridized carbons (Fsp3) is 0.650. The lowest BCUT2D eigenvalue weighted by Gasteiger charge is -2.19. The van der Waals surface area contributed by atoms with Gasteiger partial charge in [-0.05, 0) is 38.3 Å². The predicted octanol–water partition coefficient (Wildman–Crippen LogP) is 2.72. The lowest BCUT2D eigenvalue weighted by molar-refractivity contribution is -0.0149. The van der Waals surface area contributed by atoms with Crippen molar-refractivity contribution in [1.29, 1.82) is 0 Å². The van der Waals surface area contributed by atoms with Crippen LogP contribution in [0.1, 0.15) is 38.3 Å². The van der Waals surface area contributed by atoms with Crippen molar-refractivity contribution < 1.29 is 14.2 Å². The summed E-state index contributed by atoms with van der Waals surface area (Å²) in [7, 11) is 3.45. The van der Waals surface area contributed by atoms with Crippen LogP contribution in [0.3, 0.4) is 0 Å². The first-order valence-electron chi connectivity index (χ1n) is 9.17. The molecule has 0 spiro atoms. The Hall–Kier alpha value is -1.63. The van der Waals surface area contributed by atoms with Crippen LogP contribution in [0.5, 0.6) is 0 Å². The summed E-state index contributed by atoms with van der Waals surface area (Å²) in [6.07, 6.45) is 0.921. The molecule has 0 fully saturated rings. The molecule has 0 aliphatic heterocycles. The van der Waals surface area contributed by atoms with Crippen molar-refractivity contribution in [3.8, 4) is 0 Å². The topological polar surface area (TPSA) is 64.1 Å². The average Bonchev–Trinajstić information content (AvgIpc) is 2.61. The standard InChI is InChI=1S/C20H35N3O3/c1-20(2,3)26-16-18-9-6-8-17(14-18)15-23-19(21-4)22-10-7-11-25-13-12-24-5/h6,8-9,14H,7,10-13,15-16H2,1-5H3,(H2,21,22,23). The summed E-state index contributed by atoms with van der Waals surface area (Å²) in [5.41, 5.74) is 2.24. The number of ether oxygens (including phenoxy) is 3. The van der Waals surface area contributed by atoms with E-state index in [1.165, 1.54) is 11.1 Å². The predicted molar refractivity (Wildman–Crippen MR) is 106 cm³/mol. The molecule has 1 aromatic rings. The molecule has 1 rings (SSSR count). The van der Waals surface area contributed by atoms with Gasteiger partial charge < -0.3 is 24.8 Å². The van der Waals surface area contributed by atoms with Gasteiger partial charge in [-0.2, -0.15) is 0 Å². The van der Waals surface area contributed by atoms with Crippen LogP contribution >= 0.6 is 0 Å². The van der Waals surface area contributed by atoms with Gasteiger partial charge in [0.05, 0.1) is 25.4 Å². The number of hydrogen-bond acceptors (Lipinski definition) is 4. The number of nitrogens with zero attached hydrogens (tertiary/aromatic N) is 1. The van der Waals surface area contributed by atoms with E-state index in [9.17, 15) is 0 Å². The van der Waals surface area contributed by atoms with Crippen molar-refractivity contribution in [3.63, 3.8) is 0 Å². The Bertz CT molecular complexity index is 527. The molecule has 148 valence electrons. The fourth-order valence-corrected chi connectivity index (χ4v) is 2.16. The minimum Gasteiger partial charge on any atom is -0.382 e. The number of benzene rings is 1. The fourth-order valence-electron chi connectivity index (χ4n) is 2.16. The molecule has 0 radical (unpaired) electrons. The second-order valence-corrected chi connectivity index (χ2v) is 7.03. The van der Waals surface area contributed by atoms with Crippen molar-refractivity contribution in [1.82, 2.24) is 10.6 Å². The Kier molecular flexibility index (Phi) is 10.9. The third kappa shape index (κ3) is 11.1. The summed E-state index contributed by atoms with van der Waals surface area (Å²) in [5, 5.41) is 6.63. The van der Waals surface area contributed by atoms with E-state index in [1.807, 2.05) is 0 Å². The first-order chi connectivity index (χ1) is 12.4. The van der Waals surface area contributed by atoms with Crippen LogP contribution in [0.15, 0.2) is 29.3 Å². The van der Waals surface area contributed by atoms with E-state index >= 15 is 0 Å². The molecule has 26 heavy (non-hydrogen) atoms. The van der Waals surface area contributed by atoms with Gasteiger partial charge in [0.1, 0.15) is 0 Å². The maximum Gasteiger partial charge on any atom is 0.191 e. The Balaban J connectivity index is 2.30. The molecule has 6 heteroatoms. The first kappa shape index (κ1) is 22.4. The highest BCUT2D eigenvalue weighted by molar-refractivity contribution is 5.79. The van der Waals surface area contributed by atoms with Gasteiger partial charge in [0.25, 0.3) is 0 Å². The summed E-state index contributed by atoms with van der Waals surface area (Å²) >= 11 is 0. The lowest BCUT2D eigenvalue weighted by atomic mass is 10.1. The Morgan fingerprint density at radius 3 is 2.54 bits per heavy atom. The third-order valence-electron chi connectivity index (χ3n) is 3.54. The molecule has 0 aliphatic carbocycles. The van der Waals surface area contributed by atoms with Crippen LogP contribution in [-0.4, -0.2) is 52.1 Å². The molecule has 0 aromatic heterocycles. The smallest absolute Gasteiger partial charge is 0.191 e. The summed E-state index contributed by atoms with van der Waals surface area (Å²) in [5.74, 6) is 0.790. The normalized spacial score (nSPS) is 12.3. The molecule has 0 aliphatic rings. The highest BCUT2D eigenvalue weighted by Gasteiger charge is 2.10. The van der Waals surface area contributed by atoms with E-state index in [1.54, 1.807) is 14.2 Å². The van der Waals surface area contributed by atoms with Gasteiger partial charge in [-0.1, -0.05) is 24.3 Å². The number of methoxy groups -OCH3 is 1. The van der Waals surface area contributed by atoms with E-state index in [0.29, 0.717) is 33.0 Å². The maximum absolute atomic E-state index is 5.84. The van der Waals surface area contributed by atoms with Crippen LogP contribution in [-0.2, 0) is 27.4 Å². The van der Waals surface area contributed by atoms with E-state index in [4.69, 9.17) is 14.2 Å². The van der Waals surface area contributed by atoms with Crippen LogP contribution in [0.25, 0.3) is 0 Å². The average molecular weight is 366 g/mol. The first-order valence-corrected chi connectivity index (χ1v) is 9.17. The van der Waals surface area contributed by atoms with E-state index < -0.39 is 0 Å². The second kappa shape index (κ2) is 12.7. The molecule has 1 aromatic carbocycles. The van der Waals surface area contributed by atoms with Crippen molar-refractivity contribution in [2.24, 2.45) is 4.99 Å². The summed E-state index contributed by atoms with van der Waals surface area (Å²) in [4.78, 5) is 4.25. The second-order valence-electron chi connectivity index (χ2n) is 7.03. The third-order valence-corrected chi connectivity index (χ3v) is 3.54. The van der Waals surface area contributed by atoms with Crippen molar-refractivity contribution in [3.05, 3.63) is 35.4 Å². The van der Waals surface area contributed by atoms with Gasteiger partial charge >= 0.3 is 0 Å². The minimum absolute atomic E-state index is 0.131. The molecule has 2 N–H and O–H groups in total. The Morgan fingerprint density at radius 2 is 1.85 bits per heavy atom. The van der Waals surface area contributed by atoms with E-state index in [2.05, 4.69) is 60.7 Å². The molecule has 0 saturated heterocycles. The summed E-state index contributed by atoms with van der Waals surface area (Å²) < 4.78 is 16.2. The lowest BCUT2D eigenvalue weighted by Crippen LogP contribution is -2.37. The zero-order chi connectivity index (χ0) is 19.3. The number of nitrogens with one attached hydrogen (secondary N) is 2. The number of rotatable bonds is 11. The largest absolute Gasteiger partial charge is 0.382 e. The highest BCUT2D eigenvalue weighted by atomic mass is 16.5. The van der Waals surface area contributed by atoms with Gasteiger partial charge in [0, 0.05) is 33.9 Å². The highest BCUT2D eigenvalue weighted by Crippen LogP contribution is 2.13. The summed E-state index contributed by atoms with van der Waals surface area (Å²) in [6.45, 7) is 10.3. The molecule has 0 unspecified atom stereocenters. The summed E-state index contributed by atoms with van der Waals surface area (Å²) in [6, 6.07) is 8.41. The van der Waals surface area contributed by atoms with Crippen molar-refractivity contribution >= 4 is 5.96 Å². The molecule has 0 heterocycles. The van der Waals surface area contributed by atoms with Gasteiger partial charge in [0.2, 0.25) is 0 Å². The number of aliphatic imine (C=N–C) groups is 1. The van der Waals surface area contributed by atoms with Gasteiger partial charge in [-0.15, -0.1) is 0 Å². The van der Waals surface area contributed by atoms with Crippen LogP contribution in [0, 0.1) is 0 Å².